The Morgan fingerprint density at radius 3 is 2.02 bits per heavy atom. The molecule has 3 atom stereocenters. The number of phenolic OH excluding ortho intramolecular Hbond substituents is 8. The molecule has 4 aromatic rings. The van der Waals surface area contributed by atoms with Crippen LogP contribution in [0.2, 0.25) is 0 Å². The zero-order chi connectivity index (χ0) is 35.8. The van der Waals surface area contributed by atoms with Gasteiger partial charge in [0.15, 0.2) is 5.78 Å². The third-order valence-electron chi connectivity index (χ3n) is 9.01. The van der Waals surface area contributed by atoms with E-state index in [0.717, 1.165) is 11.6 Å². The molecular formula is C39H40O10. The third-order valence-corrected chi connectivity index (χ3v) is 9.01. The molecule has 0 saturated carbocycles. The van der Waals surface area contributed by atoms with Crippen molar-refractivity contribution in [1.29, 1.82) is 0 Å². The van der Waals surface area contributed by atoms with E-state index in [1.807, 2.05) is 6.92 Å². The van der Waals surface area contributed by atoms with Gasteiger partial charge in [-0.15, -0.1) is 0 Å². The lowest BCUT2D eigenvalue weighted by Gasteiger charge is -2.37. The molecule has 0 radical (unpaired) electrons. The number of hydrogen-bond acceptors (Lipinski definition) is 10. The largest absolute Gasteiger partial charge is 0.508 e. The van der Waals surface area contributed by atoms with Crippen molar-refractivity contribution < 1.29 is 50.8 Å². The first kappa shape index (κ1) is 34.7. The van der Waals surface area contributed by atoms with Crippen molar-refractivity contribution in [3.05, 3.63) is 106 Å². The van der Waals surface area contributed by atoms with Crippen LogP contribution in [0.15, 0.2) is 72.3 Å². The number of Topliss-reactive ketones (excluding diaryl/α,β-unsaturated/α-hetero) is 1. The Balaban J connectivity index is 1.63. The Morgan fingerprint density at radius 2 is 1.41 bits per heavy atom. The summed E-state index contributed by atoms with van der Waals surface area (Å²) in [4.78, 5) is 14.7. The summed E-state index contributed by atoms with van der Waals surface area (Å²) in [6, 6.07) is 13.5. The van der Waals surface area contributed by atoms with Crippen molar-refractivity contribution in [2.45, 2.75) is 57.5 Å². The fraction of sp³-hybridized carbons (Fsp3) is 0.256. The van der Waals surface area contributed by atoms with Crippen molar-refractivity contribution >= 4 is 17.9 Å². The molecule has 0 heterocycles. The second kappa shape index (κ2) is 13.5. The van der Waals surface area contributed by atoms with Crippen molar-refractivity contribution in [3.63, 3.8) is 0 Å². The van der Waals surface area contributed by atoms with Gasteiger partial charge in [-0.25, -0.2) is 0 Å². The maximum atomic E-state index is 14.7. The van der Waals surface area contributed by atoms with Crippen LogP contribution in [-0.4, -0.2) is 57.3 Å². The van der Waals surface area contributed by atoms with Gasteiger partial charge in [-0.05, 0) is 93.6 Å². The average Bonchev–Trinajstić information content (AvgIpc) is 2.99. The molecule has 4 aromatic carbocycles. The van der Waals surface area contributed by atoms with Gasteiger partial charge in [0, 0.05) is 46.6 Å². The molecule has 0 spiro atoms. The van der Waals surface area contributed by atoms with E-state index < -0.39 is 34.9 Å². The molecule has 0 fully saturated rings. The van der Waals surface area contributed by atoms with Crippen LogP contribution in [0.1, 0.15) is 83.6 Å². The third kappa shape index (κ3) is 7.44. The van der Waals surface area contributed by atoms with Crippen LogP contribution in [0.3, 0.4) is 0 Å². The van der Waals surface area contributed by atoms with E-state index in [0.29, 0.717) is 16.7 Å². The molecular weight excluding hydrogens is 628 g/mol. The van der Waals surface area contributed by atoms with Gasteiger partial charge < -0.3 is 46.0 Å². The summed E-state index contributed by atoms with van der Waals surface area (Å²) < 4.78 is 0. The van der Waals surface area contributed by atoms with Gasteiger partial charge in [-0.2, -0.15) is 0 Å². The number of carbonyl (C=O) groups excluding carboxylic acids is 1. The normalized spacial score (nSPS) is 18.0. The number of benzene rings is 4. The quantitative estimate of drug-likeness (QED) is 0.0512. The molecule has 5 rings (SSSR count). The molecule has 0 unspecified atom stereocenters. The van der Waals surface area contributed by atoms with Gasteiger partial charge in [-0.1, -0.05) is 29.9 Å². The first-order valence-electron chi connectivity index (χ1n) is 15.8. The number of carbonyl (C=O) groups is 1. The van der Waals surface area contributed by atoms with E-state index in [9.17, 15) is 50.8 Å². The lowest BCUT2D eigenvalue weighted by molar-refractivity contribution is 0.0711. The number of hydrogen-bond donors (Lipinski definition) is 9. The highest BCUT2D eigenvalue weighted by molar-refractivity contribution is 6.02. The van der Waals surface area contributed by atoms with Crippen LogP contribution in [0.4, 0.5) is 0 Å². The van der Waals surface area contributed by atoms with E-state index >= 15 is 0 Å². The van der Waals surface area contributed by atoms with Gasteiger partial charge in [0.1, 0.15) is 46.0 Å². The molecule has 9 N–H and O–H groups in total. The van der Waals surface area contributed by atoms with Crippen LogP contribution in [0, 0.1) is 5.92 Å². The molecule has 0 aliphatic heterocycles. The molecule has 49 heavy (non-hydrogen) atoms. The predicted octanol–water partition coefficient (Wildman–Crippen LogP) is 6.92. The summed E-state index contributed by atoms with van der Waals surface area (Å²) in [5.41, 5.74) is 0.748. The lowest BCUT2D eigenvalue weighted by atomic mass is 9.65. The molecule has 0 bridgehead atoms. The van der Waals surface area contributed by atoms with Crippen LogP contribution in [0.5, 0.6) is 46.0 Å². The highest BCUT2D eigenvalue weighted by Gasteiger charge is 2.43. The fourth-order valence-electron chi connectivity index (χ4n) is 6.58. The van der Waals surface area contributed by atoms with E-state index in [2.05, 4.69) is 0 Å². The summed E-state index contributed by atoms with van der Waals surface area (Å²) >= 11 is 0. The molecule has 0 saturated heterocycles. The fourth-order valence-corrected chi connectivity index (χ4v) is 6.58. The Hall–Kier alpha value is -5.61. The van der Waals surface area contributed by atoms with E-state index in [4.69, 9.17) is 0 Å². The molecule has 10 heteroatoms. The smallest absolute Gasteiger partial charge is 0.171 e. The zero-order valence-electron chi connectivity index (χ0n) is 27.3. The van der Waals surface area contributed by atoms with Crippen molar-refractivity contribution in [1.82, 2.24) is 0 Å². The van der Waals surface area contributed by atoms with E-state index in [1.54, 1.807) is 26.0 Å². The zero-order valence-corrected chi connectivity index (χ0v) is 27.3. The number of aliphatic hydroxyl groups is 1. The summed E-state index contributed by atoms with van der Waals surface area (Å²) in [6.07, 6.45) is 5.36. The molecule has 0 amide bonds. The van der Waals surface area contributed by atoms with Crippen molar-refractivity contribution in [2.24, 2.45) is 5.92 Å². The Morgan fingerprint density at radius 1 is 0.776 bits per heavy atom. The monoisotopic (exact) mass is 668 g/mol. The number of phenols is 8. The van der Waals surface area contributed by atoms with Crippen LogP contribution in [-0.2, 0) is 6.42 Å². The molecule has 10 nitrogen and oxygen atoms in total. The summed E-state index contributed by atoms with van der Waals surface area (Å²) in [5, 5.41) is 95.7. The van der Waals surface area contributed by atoms with Gasteiger partial charge in [0.2, 0.25) is 0 Å². The van der Waals surface area contributed by atoms with Gasteiger partial charge in [0.25, 0.3) is 0 Å². The summed E-state index contributed by atoms with van der Waals surface area (Å²) in [7, 11) is 0. The second-order valence-electron chi connectivity index (χ2n) is 13.3. The number of rotatable bonds is 9. The second-order valence-corrected chi connectivity index (χ2v) is 13.3. The molecule has 1 aliphatic rings. The van der Waals surface area contributed by atoms with E-state index in [1.165, 1.54) is 60.7 Å². The topological polar surface area (TPSA) is 199 Å². The van der Waals surface area contributed by atoms with Crippen molar-refractivity contribution in [3.8, 4) is 46.0 Å². The Labute approximate surface area is 283 Å². The predicted molar refractivity (Wildman–Crippen MR) is 184 cm³/mol. The van der Waals surface area contributed by atoms with Crippen LogP contribution >= 0.6 is 0 Å². The van der Waals surface area contributed by atoms with Gasteiger partial charge in [-0.3, -0.25) is 4.79 Å². The minimum atomic E-state index is -1.11. The SMILES string of the molecule is CC1=C[C@H](c2c(O)cc(/C=C/c3ccc(O)cc3O)cc2O)[C@H](C(=O)c2ccc(O)c(CCC(C)(C)O)c2O)[C@@H](c2ccc(O)cc2O)C1. The highest BCUT2D eigenvalue weighted by Crippen LogP contribution is 2.53. The van der Waals surface area contributed by atoms with E-state index in [-0.39, 0.29) is 76.2 Å². The highest BCUT2D eigenvalue weighted by atomic mass is 16.3. The number of allylic oxidation sites excluding steroid dienone is 2. The minimum Gasteiger partial charge on any atom is -0.508 e. The van der Waals surface area contributed by atoms with Crippen LogP contribution in [0.25, 0.3) is 12.2 Å². The maximum absolute atomic E-state index is 14.7. The number of ketones is 1. The maximum Gasteiger partial charge on any atom is 0.171 e. The molecule has 1 aliphatic carbocycles. The first-order valence-corrected chi connectivity index (χ1v) is 15.8. The van der Waals surface area contributed by atoms with Crippen LogP contribution < -0.4 is 0 Å². The Kier molecular flexibility index (Phi) is 9.55. The Bertz CT molecular complexity index is 1940. The van der Waals surface area contributed by atoms with Crippen molar-refractivity contribution in [2.75, 3.05) is 0 Å². The summed E-state index contributed by atoms with van der Waals surface area (Å²) in [6.45, 7) is 4.99. The average molecular weight is 669 g/mol. The molecule has 256 valence electrons. The van der Waals surface area contributed by atoms with Gasteiger partial charge >= 0.3 is 0 Å². The first-order chi connectivity index (χ1) is 23.0. The standard InChI is InChI=1S/C39H40O10/c1-20-14-28(25-9-8-24(41)19-32(25)44)35(38(48)27-10-11-30(42)26(37(27)47)12-13-39(2,3)49)29(15-20)36-33(45)16-21(17-34(36)46)4-5-22-6-7-23(40)18-31(22)43/h4-11,15-19,28-29,35,40-47,49H,12-14H2,1-3H3/b5-4+/t28-,29+,35-/m1/s1. The number of aromatic hydroxyl groups is 8. The molecule has 0 aromatic heterocycles. The van der Waals surface area contributed by atoms with Gasteiger partial charge in [0.05, 0.1) is 11.2 Å². The minimum absolute atomic E-state index is 0.0332. The summed E-state index contributed by atoms with van der Waals surface area (Å²) in [5.74, 6) is -5.51. The lowest BCUT2D eigenvalue weighted by Crippen LogP contribution is -2.31.